The number of benzene rings is 3. The van der Waals surface area contributed by atoms with Crippen molar-refractivity contribution < 1.29 is 23.5 Å². The molecule has 0 spiro atoms. The predicted molar refractivity (Wildman–Crippen MR) is 127 cm³/mol. The SMILES string of the molecule is Cc1cc(=O)oc2c(C)c(OC(=O)[C@@H](NC(=O)OCc3ccccc3)c3ccccc3)ccc12. The monoisotopic (exact) mass is 457 g/mol. The molecule has 4 rings (SSSR count). The zero-order valence-electron chi connectivity index (χ0n) is 18.7. The van der Waals surface area contributed by atoms with Crippen molar-refractivity contribution in [2.45, 2.75) is 26.5 Å². The minimum Gasteiger partial charge on any atom is -0.445 e. The molecule has 0 saturated carbocycles. The Hall–Kier alpha value is -4.39. The molecule has 0 radical (unpaired) electrons. The maximum Gasteiger partial charge on any atom is 0.408 e. The van der Waals surface area contributed by atoms with Gasteiger partial charge in [-0.25, -0.2) is 14.4 Å². The molecule has 1 aromatic heterocycles. The molecule has 1 N–H and O–H groups in total. The van der Waals surface area contributed by atoms with Crippen LogP contribution in [-0.2, 0) is 16.1 Å². The topological polar surface area (TPSA) is 94.8 Å². The Bertz CT molecular complexity index is 1380. The van der Waals surface area contributed by atoms with Crippen LogP contribution in [0.15, 0.2) is 88.1 Å². The van der Waals surface area contributed by atoms with Gasteiger partial charge in [-0.1, -0.05) is 60.7 Å². The van der Waals surface area contributed by atoms with Gasteiger partial charge in [-0.2, -0.15) is 0 Å². The number of rotatable bonds is 6. The summed E-state index contributed by atoms with van der Waals surface area (Å²) in [6, 6.07) is 21.6. The van der Waals surface area contributed by atoms with Gasteiger partial charge in [-0.05, 0) is 42.7 Å². The van der Waals surface area contributed by atoms with Gasteiger partial charge in [0.25, 0.3) is 0 Å². The van der Waals surface area contributed by atoms with Crippen LogP contribution in [0.5, 0.6) is 5.75 Å². The Kier molecular flexibility index (Phi) is 6.73. The first-order valence-electron chi connectivity index (χ1n) is 10.7. The molecule has 1 amide bonds. The van der Waals surface area contributed by atoms with Crippen LogP contribution in [0.2, 0.25) is 0 Å². The Morgan fingerprint density at radius 3 is 2.32 bits per heavy atom. The third-order valence-electron chi connectivity index (χ3n) is 5.37. The van der Waals surface area contributed by atoms with Crippen LogP contribution < -0.4 is 15.7 Å². The Morgan fingerprint density at radius 1 is 0.941 bits per heavy atom. The average molecular weight is 457 g/mol. The van der Waals surface area contributed by atoms with E-state index < -0.39 is 23.7 Å². The van der Waals surface area contributed by atoms with Gasteiger partial charge in [0, 0.05) is 17.0 Å². The van der Waals surface area contributed by atoms with E-state index in [1.807, 2.05) is 30.3 Å². The van der Waals surface area contributed by atoms with E-state index in [0.717, 1.165) is 16.5 Å². The first-order chi connectivity index (χ1) is 16.4. The van der Waals surface area contributed by atoms with E-state index in [-0.39, 0.29) is 12.4 Å². The summed E-state index contributed by atoms with van der Waals surface area (Å²) in [7, 11) is 0. The van der Waals surface area contributed by atoms with Crippen molar-refractivity contribution in [3.63, 3.8) is 0 Å². The molecular weight excluding hydrogens is 434 g/mol. The molecule has 0 unspecified atom stereocenters. The fourth-order valence-corrected chi connectivity index (χ4v) is 3.58. The Morgan fingerprint density at radius 2 is 1.62 bits per heavy atom. The zero-order chi connectivity index (χ0) is 24.1. The summed E-state index contributed by atoms with van der Waals surface area (Å²) in [5, 5.41) is 3.34. The van der Waals surface area contributed by atoms with E-state index in [2.05, 4.69) is 5.32 Å². The van der Waals surface area contributed by atoms with Gasteiger partial charge in [-0.15, -0.1) is 0 Å². The Balaban J connectivity index is 1.56. The van der Waals surface area contributed by atoms with Crippen LogP contribution >= 0.6 is 0 Å². The normalized spacial score (nSPS) is 11.6. The number of carbonyl (C=O) groups is 2. The minimum absolute atomic E-state index is 0.0609. The average Bonchev–Trinajstić information content (AvgIpc) is 2.84. The molecule has 1 heterocycles. The molecule has 0 fully saturated rings. The number of hydrogen-bond donors (Lipinski definition) is 1. The lowest BCUT2D eigenvalue weighted by molar-refractivity contribution is -0.136. The molecule has 172 valence electrons. The van der Waals surface area contributed by atoms with Crippen LogP contribution in [0.25, 0.3) is 11.0 Å². The third kappa shape index (κ3) is 5.15. The maximum absolute atomic E-state index is 13.2. The van der Waals surface area contributed by atoms with E-state index in [0.29, 0.717) is 16.7 Å². The highest BCUT2D eigenvalue weighted by molar-refractivity contribution is 5.88. The zero-order valence-corrected chi connectivity index (χ0v) is 18.7. The third-order valence-corrected chi connectivity index (χ3v) is 5.37. The molecule has 0 aliphatic rings. The van der Waals surface area contributed by atoms with Crippen LogP contribution in [0.4, 0.5) is 4.79 Å². The summed E-state index contributed by atoms with van der Waals surface area (Å²) in [5.74, 6) is -0.480. The van der Waals surface area contributed by atoms with Crippen LogP contribution in [0, 0.1) is 13.8 Å². The molecule has 7 heteroatoms. The van der Waals surface area contributed by atoms with Gasteiger partial charge < -0.3 is 19.2 Å². The molecule has 4 aromatic rings. The highest BCUT2D eigenvalue weighted by Crippen LogP contribution is 2.29. The number of nitrogens with one attached hydrogen (secondary N) is 1. The van der Waals surface area contributed by atoms with Crippen molar-refractivity contribution in [2.24, 2.45) is 0 Å². The quantitative estimate of drug-likeness (QED) is 0.249. The molecule has 0 bridgehead atoms. The lowest BCUT2D eigenvalue weighted by Gasteiger charge is -2.19. The summed E-state index contributed by atoms with van der Waals surface area (Å²) in [4.78, 5) is 37.5. The van der Waals surface area contributed by atoms with Gasteiger partial charge in [0.2, 0.25) is 0 Å². The summed E-state index contributed by atoms with van der Waals surface area (Å²) in [5.41, 5.74) is 2.48. The lowest BCUT2D eigenvalue weighted by atomic mass is 10.1. The van der Waals surface area contributed by atoms with E-state index in [9.17, 15) is 14.4 Å². The lowest BCUT2D eigenvalue weighted by Crippen LogP contribution is -2.36. The van der Waals surface area contributed by atoms with Gasteiger partial charge in [0.1, 0.15) is 17.9 Å². The van der Waals surface area contributed by atoms with Crippen LogP contribution in [-0.4, -0.2) is 12.1 Å². The number of amides is 1. The molecule has 0 saturated heterocycles. The van der Waals surface area contributed by atoms with E-state index >= 15 is 0 Å². The fourth-order valence-electron chi connectivity index (χ4n) is 3.58. The predicted octanol–water partition coefficient (Wildman–Crippen LogP) is 4.98. The number of aryl methyl sites for hydroxylation is 2. The second kappa shape index (κ2) is 10.0. The molecule has 0 aliphatic carbocycles. The molecular formula is C27H23NO6. The summed E-state index contributed by atoms with van der Waals surface area (Å²) in [6.07, 6.45) is -0.758. The van der Waals surface area contributed by atoms with Crippen molar-refractivity contribution in [3.05, 3.63) is 112 Å². The van der Waals surface area contributed by atoms with Crippen molar-refractivity contribution >= 4 is 23.0 Å². The summed E-state index contributed by atoms with van der Waals surface area (Å²) >= 11 is 0. The molecule has 34 heavy (non-hydrogen) atoms. The molecule has 1 atom stereocenters. The number of ether oxygens (including phenoxy) is 2. The van der Waals surface area contributed by atoms with E-state index in [4.69, 9.17) is 13.9 Å². The number of hydrogen-bond acceptors (Lipinski definition) is 6. The second-order valence-electron chi connectivity index (χ2n) is 7.78. The summed E-state index contributed by atoms with van der Waals surface area (Å²) in [6.45, 7) is 3.57. The largest absolute Gasteiger partial charge is 0.445 e. The number of carbonyl (C=O) groups excluding carboxylic acids is 2. The first kappa shape index (κ1) is 22.8. The maximum atomic E-state index is 13.2. The number of esters is 1. The van der Waals surface area contributed by atoms with Crippen molar-refractivity contribution in [1.29, 1.82) is 0 Å². The van der Waals surface area contributed by atoms with E-state index in [1.54, 1.807) is 56.3 Å². The smallest absolute Gasteiger partial charge is 0.408 e. The van der Waals surface area contributed by atoms with Crippen molar-refractivity contribution in [1.82, 2.24) is 5.32 Å². The van der Waals surface area contributed by atoms with Crippen LogP contribution in [0.1, 0.15) is 28.3 Å². The van der Waals surface area contributed by atoms with Gasteiger partial charge >= 0.3 is 17.7 Å². The molecule has 7 nitrogen and oxygen atoms in total. The second-order valence-corrected chi connectivity index (χ2v) is 7.78. The Labute approximate surface area is 195 Å². The minimum atomic E-state index is -1.11. The standard InChI is InChI=1S/C27H23NO6/c1-17-15-23(29)34-25-18(2)22(14-13-21(17)25)33-26(30)24(20-11-7-4-8-12-20)28-27(31)32-16-19-9-5-3-6-10-19/h3-15,24H,16H2,1-2H3,(H,28,31)/t24-/m0/s1. The van der Waals surface area contributed by atoms with Gasteiger partial charge in [-0.3, -0.25) is 0 Å². The fraction of sp³-hybridized carbons (Fsp3) is 0.148. The van der Waals surface area contributed by atoms with Crippen molar-refractivity contribution in [2.75, 3.05) is 0 Å². The highest BCUT2D eigenvalue weighted by Gasteiger charge is 2.26. The van der Waals surface area contributed by atoms with Gasteiger partial charge in [0.15, 0.2) is 6.04 Å². The first-order valence-corrected chi connectivity index (χ1v) is 10.7. The van der Waals surface area contributed by atoms with E-state index in [1.165, 1.54) is 6.07 Å². The number of alkyl carbamates (subject to hydrolysis) is 1. The van der Waals surface area contributed by atoms with Crippen molar-refractivity contribution in [3.8, 4) is 5.75 Å². The van der Waals surface area contributed by atoms with Crippen LogP contribution in [0.3, 0.4) is 0 Å². The highest BCUT2D eigenvalue weighted by atomic mass is 16.6. The van der Waals surface area contributed by atoms with Gasteiger partial charge in [0.05, 0.1) is 0 Å². The molecule has 0 aliphatic heterocycles. The summed E-state index contributed by atoms with van der Waals surface area (Å²) < 4.78 is 16.3. The number of fused-ring (bicyclic) bond motifs is 1. The molecule has 3 aromatic carbocycles.